The lowest BCUT2D eigenvalue weighted by atomic mass is 10.1. The van der Waals surface area contributed by atoms with Crippen LogP contribution in [0.2, 0.25) is 0 Å². The van der Waals surface area contributed by atoms with Gasteiger partial charge in [-0.1, -0.05) is 35.9 Å². The number of fused-ring (bicyclic) bond motifs is 1. The second kappa shape index (κ2) is 9.53. The van der Waals surface area contributed by atoms with E-state index in [1.54, 1.807) is 0 Å². The highest BCUT2D eigenvalue weighted by Crippen LogP contribution is 2.31. The first-order valence-electron chi connectivity index (χ1n) is 8.99. The fourth-order valence-electron chi connectivity index (χ4n) is 2.84. The molecule has 0 bridgehead atoms. The molecular formula is C21H25NO3S. The average molecular weight is 372 g/mol. The monoisotopic (exact) mass is 371 g/mol. The first-order valence-corrected chi connectivity index (χ1v) is 10.1. The van der Waals surface area contributed by atoms with Crippen LogP contribution in [0, 0.1) is 6.92 Å². The highest BCUT2D eigenvalue weighted by atomic mass is 32.2. The highest BCUT2D eigenvalue weighted by Gasteiger charge is 2.12. The van der Waals surface area contributed by atoms with Crippen LogP contribution in [0.25, 0.3) is 0 Å². The van der Waals surface area contributed by atoms with Crippen LogP contribution >= 0.6 is 11.8 Å². The lowest BCUT2D eigenvalue weighted by molar-refractivity contribution is -0.120. The molecule has 0 radical (unpaired) electrons. The molecule has 3 rings (SSSR count). The van der Waals surface area contributed by atoms with Gasteiger partial charge in [0.25, 0.3) is 0 Å². The van der Waals surface area contributed by atoms with Crippen LogP contribution in [0.15, 0.2) is 42.5 Å². The fourth-order valence-corrected chi connectivity index (χ4v) is 3.65. The van der Waals surface area contributed by atoms with Crippen molar-refractivity contribution in [1.82, 2.24) is 5.32 Å². The lowest BCUT2D eigenvalue weighted by Gasteiger charge is -2.18. The summed E-state index contributed by atoms with van der Waals surface area (Å²) in [5, 5.41) is 3.00. The number of hydrogen-bond donors (Lipinski definition) is 1. The first kappa shape index (κ1) is 18.6. The van der Waals surface area contributed by atoms with Gasteiger partial charge >= 0.3 is 0 Å². The number of rotatable bonds is 8. The summed E-state index contributed by atoms with van der Waals surface area (Å²) in [6.07, 6.45) is 1.20. The first-order chi connectivity index (χ1) is 12.7. The van der Waals surface area contributed by atoms with E-state index in [2.05, 4.69) is 36.5 Å². The molecule has 0 saturated heterocycles. The van der Waals surface area contributed by atoms with Crippen LogP contribution in [-0.2, 0) is 17.0 Å². The minimum Gasteiger partial charge on any atom is -0.486 e. The number of ether oxygens (including phenoxy) is 2. The van der Waals surface area contributed by atoms with E-state index in [0.717, 1.165) is 28.6 Å². The molecule has 0 unspecified atom stereocenters. The average Bonchev–Trinajstić information content (AvgIpc) is 2.66. The maximum atomic E-state index is 12.0. The molecule has 5 heteroatoms. The lowest BCUT2D eigenvalue weighted by Crippen LogP contribution is -2.26. The maximum absolute atomic E-state index is 12.0. The zero-order valence-electron chi connectivity index (χ0n) is 15.1. The third kappa shape index (κ3) is 5.70. The molecule has 4 nitrogen and oxygen atoms in total. The van der Waals surface area contributed by atoms with Crippen LogP contribution in [0.3, 0.4) is 0 Å². The summed E-state index contributed by atoms with van der Waals surface area (Å²) in [5.41, 5.74) is 3.72. The minimum absolute atomic E-state index is 0.0936. The predicted octanol–water partition coefficient (Wildman–Crippen LogP) is 3.75. The molecule has 26 heavy (non-hydrogen) atoms. The molecule has 2 aromatic rings. The van der Waals surface area contributed by atoms with Crippen LogP contribution in [0.1, 0.15) is 23.1 Å². The molecule has 0 aliphatic carbocycles. The van der Waals surface area contributed by atoms with Crippen molar-refractivity contribution in [3.8, 4) is 11.5 Å². The number of carbonyl (C=O) groups is 1. The molecule has 2 aromatic carbocycles. The van der Waals surface area contributed by atoms with Gasteiger partial charge in [0.1, 0.15) is 13.2 Å². The van der Waals surface area contributed by atoms with Crippen molar-refractivity contribution in [3.63, 3.8) is 0 Å². The highest BCUT2D eigenvalue weighted by molar-refractivity contribution is 7.98. The van der Waals surface area contributed by atoms with Gasteiger partial charge in [-0.2, -0.15) is 11.8 Å². The van der Waals surface area contributed by atoms with E-state index in [9.17, 15) is 4.79 Å². The van der Waals surface area contributed by atoms with Crippen LogP contribution in [0.4, 0.5) is 0 Å². The number of benzene rings is 2. The van der Waals surface area contributed by atoms with Crippen molar-refractivity contribution in [2.75, 3.05) is 25.5 Å². The second-order valence-electron chi connectivity index (χ2n) is 6.37. The molecule has 138 valence electrons. The Hall–Kier alpha value is -2.14. The zero-order chi connectivity index (χ0) is 18.2. The van der Waals surface area contributed by atoms with Gasteiger partial charge in [-0.05, 0) is 36.6 Å². The normalized spacial score (nSPS) is 12.7. The zero-order valence-corrected chi connectivity index (χ0v) is 15.9. The summed E-state index contributed by atoms with van der Waals surface area (Å²) in [5.74, 6) is 3.56. The number of amides is 1. The number of thioether (sulfide) groups is 1. The molecule has 1 heterocycles. The third-order valence-electron chi connectivity index (χ3n) is 4.17. The van der Waals surface area contributed by atoms with Gasteiger partial charge in [-0.25, -0.2) is 0 Å². The summed E-state index contributed by atoms with van der Waals surface area (Å²) in [6.45, 7) is 3.99. The van der Waals surface area contributed by atoms with Gasteiger partial charge in [-0.3, -0.25) is 4.79 Å². The molecular weight excluding hydrogens is 346 g/mol. The Morgan fingerprint density at radius 3 is 2.77 bits per heavy atom. The van der Waals surface area contributed by atoms with E-state index in [-0.39, 0.29) is 5.91 Å². The van der Waals surface area contributed by atoms with Crippen LogP contribution in [0.5, 0.6) is 11.5 Å². The topological polar surface area (TPSA) is 47.6 Å². The number of nitrogens with one attached hydrogen (secondary N) is 1. The van der Waals surface area contributed by atoms with E-state index < -0.39 is 0 Å². The fraction of sp³-hybridized carbons (Fsp3) is 0.381. The van der Waals surface area contributed by atoms with Gasteiger partial charge in [0.2, 0.25) is 5.91 Å². The second-order valence-corrected chi connectivity index (χ2v) is 7.47. The summed E-state index contributed by atoms with van der Waals surface area (Å²) in [7, 11) is 0. The van der Waals surface area contributed by atoms with E-state index in [0.29, 0.717) is 32.6 Å². The van der Waals surface area contributed by atoms with Gasteiger partial charge in [0.15, 0.2) is 11.5 Å². The van der Waals surface area contributed by atoms with Crippen molar-refractivity contribution in [1.29, 1.82) is 0 Å². The molecule has 0 spiro atoms. The van der Waals surface area contributed by atoms with E-state index in [4.69, 9.17) is 9.47 Å². The third-order valence-corrected chi connectivity index (χ3v) is 5.20. The molecule has 0 aromatic heterocycles. The van der Waals surface area contributed by atoms with E-state index in [1.165, 1.54) is 11.1 Å². The van der Waals surface area contributed by atoms with Crippen molar-refractivity contribution >= 4 is 17.7 Å². The Morgan fingerprint density at radius 1 is 1.08 bits per heavy atom. The number of aryl methyl sites for hydroxylation is 2. The van der Waals surface area contributed by atoms with Crippen molar-refractivity contribution in [3.05, 3.63) is 59.2 Å². The van der Waals surface area contributed by atoms with Gasteiger partial charge in [0.05, 0.1) is 0 Å². The van der Waals surface area contributed by atoms with E-state index in [1.807, 2.05) is 30.0 Å². The Kier molecular flexibility index (Phi) is 6.83. The SMILES string of the molecule is Cc1cccc(CSCCNC(=O)CCc2ccc3c(c2)OCCO3)c1. The molecule has 1 aliphatic rings. The summed E-state index contributed by atoms with van der Waals surface area (Å²) in [6, 6.07) is 14.4. The Morgan fingerprint density at radius 2 is 1.92 bits per heavy atom. The molecule has 0 atom stereocenters. The minimum atomic E-state index is 0.0936. The summed E-state index contributed by atoms with van der Waals surface area (Å²) < 4.78 is 11.1. The Balaban J connectivity index is 1.32. The van der Waals surface area contributed by atoms with Gasteiger partial charge in [-0.15, -0.1) is 0 Å². The molecule has 0 fully saturated rings. The molecule has 1 N–H and O–H groups in total. The van der Waals surface area contributed by atoms with Crippen molar-refractivity contribution in [2.45, 2.75) is 25.5 Å². The summed E-state index contributed by atoms with van der Waals surface area (Å²) >= 11 is 1.84. The van der Waals surface area contributed by atoms with Crippen molar-refractivity contribution < 1.29 is 14.3 Å². The Labute approximate surface area is 159 Å². The standard InChI is InChI=1S/C21H25NO3S/c1-16-3-2-4-18(13-16)15-26-12-9-22-21(23)8-6-17-5-7-19-20(14-17)25-11-10-24-19/h2-5,7,13-14H,6,8-12,15H2,1H3,(H,22,23). The number of carbonyl (C=O) groups excluding carboxylic acids is 1. The quantitative estimate of drug-likeness (QED) is 0.718. The van der Waals surface area contributed by atoms with Crippen LogP contribution in [-0.4, -0.2) is 31.4 Å². The van der Waals surface area contributed by atoms with Crippen molar-refractivity contribution in [2.24, 2.45) is 0 Å². The van der Waals surface area contributed by atoms with Gasteiger partial charge < -0.3 is 14.8 Å². The van der Waals surface area contributed by atoms with E-state index >= 15 is 0 Å². The molecule has 0 saturated carbocycles. The smallest absolute Gasteiger partial charge is 0.220 e. The number of hydrogen-bond acceptors (Lipinski definition) is 4. The van der Waals surface area contributed by atoms with Crippen LogP contribution < -0.4 is 14.8 Å². The predicted molar refractivity (Wildman–Crippen MR) is 106 cm³/mol. The van der Waals surface area contributed by atoms with Gasteiger partial charge in [0, 0.05) is 24.5 Å². The summed E-state index contributed by atoms with van der Waals surface area (Å²) in [4.78, 5) is 12.0. The maximum Gasteiger partial charge on any atom is 0.220 e. The Bertz CT molecular complexity index is 748. The molecule has 1 aliphatic heterocycles. The molecule has 1 amide bonds. The largest absolute Gasteiger partial charge is 0.486 e.